The van der Waals surface area contributed by atoms with Crippen molar-refractivity contribution in [1.82, 2.24) is 24.5 Å². The Morgan fingerprint density at radius 1 is 1.40 bits per heavy atom. The van der Waals surface area contributed by atoms with E-state index in [1.54, 1.807) is 9.25 Å². The molecule has 108 valence electrons. The Bertz CT molecular complexity index is 756. The zero-order chi connectivity index (χ0) is 14.5. The second-order valence-corrected chi connectivity index (χ2v) is 6.42. The Hall–Kier alpha value is -1.74. The highest BCUT2D eigenvalue weighted by atomic mass is 32.2. The van der Waals surface area contributed by atoms with Gasteiger partial charge in [0.15, 0.2) is 5.82 Å². The van der Waals surface area contributed by atoms with E-state index in [2.05, 4.69) is 15.3 Å². The topological polar surface area (TPSA) is 109 Å². The number of nitrogens with zero attached hydrogens (tertiary/aromatic N) is 5. The van der Waals surface area contributed by atoms with E-state index in [-0.39, 0.29) is 11.2 Å². The van der Waals surface area contributed by atoms with Crippen molar-refractivity contribution in [1.29, 1.82) is 0 Å². The molecule has 2 aromatic heterocycles. The summed E-state index contributed by atoms with van der Waals surface area (Å²) in [7, 11) is -2.06. The molecule has 1 aliphatic carbocycles. The van der Waals surface area contributed by atoms with Gasteiger partial charge in [0.25, 0.3) is 15.2 Å². The lowest BCUT2D eigenvalue weighted by atomic mass is 10.2. The molecular weight excluding hydrogens is 280 g/mol. The molecule has 0 unspecified atom stereocenters. The highest BCUT2D eigenvalue weighted by molar-refractivity contribution is 7.89. The van der Waals surface area contributed by atoms with Crippen LogP contribution in [-0.2, 0) is 23.5 Å². The lowest BCUT2D eigenvalue weighted by Gasteiger charge is -2.07. The predicted octanol–water partition coefficient (Wildman–Crippen LogP) is 0.223. The molecule has 0 amide bonds. The predicted molar refractivity (Wildman–Crippen MR) is 71.2 cm³/mol. The molecule has 0 saturated heterocycles. The van der Waals surface area contributed by atoms with Crippen LogP contribution >= 0.6 is 0 Å². The van der Waals surface area contributed by atoms with E-state index in [1.807, 2.05) is 20.2 Å². The third-order valence-corrected chi connectivity index (χ3v) is 4.10. The maximum Gasteiger partial charge on any atom is 0.273 e. The fourth-order valence-corrected chi connectivity index (χ4v) is 2.96. The van der Waals surface area contributed by atoms with Crippen LogP contribution in [0.2, 0.25) is 0 Å². The molecule has 2 heterocycles. The second kappa shape index (κ2) is 4.38. The number of nitrogens with two attached hydrogens (primary N) is 1. The smallest absolute Gasteiger partial charge is 0.273 e. The van der Waals surface area contributed by atoms with Crippen molar-refractivity contribution in [2.75, 3.05) is 0 Å². The number of rotatable bonds is 4. The van der Waals surface area contributed by atoms with E-state index in [0.29, 0.717) is 5.82 Å². The molecule has 1 fully saturated rings. The van der Waals surface area contributed by atoms with Crippen molar-refractivity contribution >= 4 is 10.0 Å². The zero-order valence-electron chi connectivity index (χ0n) is 11.3. The Morgan fingerprint density at radius 3 is 2.65 bits per heavy atom. The second-order valence-electron chi connectivity index (χ2n) is 4.97. The fourth-order valence-electron chi connectivity index (χ4n) is 2.30. The lowest BCUT2D eigenvalue weighted by Crippen LogP contribution is -2.18. The van der Waals surface area contributed by atoms with Gasteiger partial charge < -0.3 is 0 Å². The molecular formula is C11H16N6O2S. The summed E-state index contributed by atoms with van der Waals surface area (Å²) >= 11 is 0. The molecule has 20 heavy (non-hydrogen) atoms. The van der Waals surface area contributed by atoms with Crippen LogP contribution in [-0.4, -0.2) is 33.0 Å². The summed E-state index contributed by atoms with van der Waals surface area (Å²) in [5.74, 6) is 0.529. The Balaban J connectivity index is 2.22. The Kier molecular flexibility index (Phi) is 2.91. The highest BCUT2D eigenvalue weighted by Gasteiger charge is 2.34. The zero-order valence-corrected chi connectivity index (χ0v) is 12.1. The van der Waals surface area contributed by atoms with Crippen molar-refractivity contribution in [3.8, 4) is 11.4 Å². The average molecular weight is 296 g/mol. The third-order valence-electron chi connectivity index (χ3n) is 3.31. The molecule has 0 spiro atoms. The Morgan fingerprint density at radius 2 is 2.10 bits per heavy atom. The van der Waals surface area contributed by atoms with Gasteiger partial charge in [-0.2, -0.15) is 5.10 Å². The molecule has 1 aliphatic rings. The van der Waals surface area contributed by atoms with Gasteiger partial charge in [-0.15, -0.1) is 10.2 Å². The van der Waals surface area contributed by atoms with Gasteiger partial charge >= 0.3 is 0 Å². The van der Waals surface area contributed by atoms with E-state index in [1.165, 1.54) is 0 Å². The molecule has 3 rings (SSSR count). The normalized spacial score (nSPS) is 15.8. The SMILES string of the molecule is CCc1nn(C)cc1-c1nnc(S(N)(=O)=O)n1C1CC1. The largest absolute Gasteiger partial charge is 0.294 e. The van der Waals surface area contributed by atoms with Crippen LogP contribution in [0.15, 0.2) is 11.4 Å². The average Bonchev–Trinajstić information content (AvgIpc) is 2.98. The first-order chi connectivity index (χ1) is 9.41. The van der Waals surface area contributed by atoms with Crippen LogP contribution < -0.4 is 5.14 Å². The number of aromatic nitrogens is 5. The number of hydrogen-bond donors (Lipinski definition) is 1. The first-order valence-corrected chi connectivity index (χ1v) is 7.97. The quantitative estimate of drug-likeness (QED) is 0.868. The number of sulfonamides is 1. The lowest BCUT2D eigenvalue weighted by molar-refractivity contribution is 0.567. The Labute approximate surface area is 116 Å². The molecule has 0 aliphatic heterocycles. The highest BCUT2D eigenvalue weighted by Crippen LogP contribution is 2.40. The number of hydrogen-bond acceptors (Lipinski definition) is 5. The molecule has 9 heteroatoms. The van der Waals surface area contributed by atoms with Crippen molar-refractivity contribution in [2.45, 2.75) is 37.4 Å². The minimum Gasteiger partial charge on any atom is -0.294 e. The van der Waals surface area contributed by atoms with Crippen LogP contribution in [0.3, 0.4) is 0 Å². The van der Waals surface area contributed by atoms with Crippen molar-refractivity contribution in [2.24, 2.45) is 12.2 Å². The molecule has 2 aromatic rings. The van der Waals surface area contributed by atoms with Crippen LogP contribution in [0.25, 0.3) is 11.4 Å². The van der Waals surface area contributed by atoms with Gasteiger partial charge in [0.2, 0.25) is 0 Å². The molecule has 1 saturated carbocycles. The molecule has 2 N–H and O–H groups in total. The van der Waals surface area contributed by atoms with Gasteiger partial charge in [0.1, 0.15) is 0 Å². The molecule has 8 nitrogen and oxygen atoms in total. The fraction of sp³-hybridized carbons (Fsp3) is 0.545. The van der Waals surface area contributed by atoms with Crippen LogP contribution in [0.1, 0.15) is 31.5 Å². The van der Waals surface area contributed by atoms with Gasteiger partial charge in [-0.05, 0) is 19.3 Å². The van der Waals surface area contributed by atoms with Crippen molar-refractivity contribution < 1.29 is 8.42 Å². The summed E-state index contributed by atoms with van der Waals surface area (Å²) < 4.78 is 26.6. The molecule has 0 atom stereocenters. The van der Waals surface area contributed by atoms with Gasteiger partial charge in [0, 0.05) is 19.3 Å². The van der Waals surface area contributed by atoms with E-state index >= 15 is 0 Å². The standard InChI is InChI=1S/C11H16N6O2S/c1-3-9-8(6-16(2)15-9)10-13-14-11(20(12,18)19)17(10)7-4-5-7/h6-7H,3-5H2,1-2H3,(H2,12,18,19). The third kappa shape index (κ3) is 2.12. The van der Waals surface area contributed by atoms with Crippen LogP contribution in [0, 0.1) is 0 Å². The van der Waals surface area contributed by atoms with Gasteiger partial charge in [-0.25, -0.2) is 13.6 Å². The number of primary sulfonamides is 1. The minimum absolute atomic E-state index is 0.109. The summed E-state index contributed by atoms with van der Waals surface area (Å²) in [5, 5.41) is 17.2. The van der Waals surface area contributed by atoms with Gasteiger partial charge in [-0.3, -0.25) is 9.25 Å². The summed E-state index contributed by atoms with van der Waals surface area (Å²) in [6.45, 7) is 1.99. The summed E-state index contributed by atoms with van der Waals surface area (Å²) in [4.78, 5) is 0. The van der Waals surface area contributed by atoms with Crippen molar-refractivity contribution in [3.63, 3.8) is 0 Å². The van der Waals surface area contributed by atoms with E-state index in [4.69, 9.17) is 5.14 Å². The van der Waals surface area contributed by atoms with E-state index in [9.17, 15) is 8.42 Å². The first-order valence-electron chi connectivity index (χ1n) is 6.42. The molecule has 0 bridgehead atoms. The summed E-state index contributed by atoms with van der Waals surface area (Å²) in [5.41, 5.74) is 1.67. The first kappa shape index (κ1) is 13.3. The van der Waals surface area contributed by atoms with Crippen molar-refractivity contribution in [3.05, 3.63) is 11.9 Å². The monoisotopic (exact) mass is 296 g/mol. The maximum atomic E-state index is 11.6. The van der Waals surface area contributed by atoms with Gasteiger partial charge in [-0.1, -0.05) is 6.92 Å². The van der Waals surface area contributed by atoms with Crippen LogP contribution in [0.4, 0.5) is 0 Å². The van der Waals surface area contributed by atoms with Gasteiger partial charge in [0.05, 0.1) is 11.3 Å². The summed E-state index contributed by atoms with van der Waals surface area (Å²) in [6.07, 6.45) is 4.39. The summed E-state index contributed by atoms with van der Waals surface area (Å²) in [6, 6.07) is 0.109. The minimum atomic E-state index is -3.88. The molecule has 0 aromatic carbocycles. The van der Waals surface area contributed by atoms with E-state index < -0.39 is 10.0 Å². The number of aryl methyl sites for hydroxylation is 2. The molecule has 0 radical (unpaired) electrons. The maximum absolute atomic E-state index is 11.6. The van der Waals surface area contributed by atoms with Crippen LogP contribution in [0.5, 0.6) is 0 Å². The van der Waals surface area contributed by atoms with E-state index in [0.717, 1.165) is 30.5 Å².